The Morgan fingerprint density at radius 2 is 1.31 bits per heavy atom. The van der Waals surface area contributed by atoms with Crippen LogP contribution in [0.1, 0.15) is 52.7 Å². The van der Waals surface area contributed by atoms with E-state index in [0.29, 0.717) is 17.2 Å². The van der Waals surface area contributed by atoms with Gasteiger partial charge in [0.2, 0.25) is 0 Å². The SMILES string of the molecule is CC(C)(C)c1cccc(C(C)(C)C)c1-c1cc(Oc2[c-]c3c(cc2)c2ccccc2n3-c2ccccn2)[c-]c(N2[CH-]N(c3ccc(F)cc3F)c3ccccc32)c1.[Pt]. The standard InChI is InChI=1S/C50H41F2N4O.Pt/c1-49(2,3)39-15-13-16-40(50(4,5)6)48(39)32-26-34(54-31-55(45-19-10-9-18-44(45)54)43-24-21-33(51)28-41(43)52)29-36(27-32)57-35-22-23-38-37-14-7-8-17-42(37)56(46(38)30-35)47-20-11-12-25-53-47;/h7-28,31H,1-6H3;/q-3;. The first-order valence-electron chi connectivity index (χ1n) is 19.1. The van der Waals surface area contributed by atoms with Gasteiger partial charge in [0.25, 0.3) is 0 Å². The van der Waals surface area contributed by atoms with Gasteiger partial charge in [-0.25, -0.2) is 13.8 Å². The molecular formula is C50H41F2N4OPt-3. The minimum absolute atomic E-state index is 0. The van der Waals surface area contributed by atoms with Crippen LogP contribution < -0.4 is 14.5 Å². The summed E-state index contributed by atoms with van der Waals surface area (Å²) in [7, 11) is 0. The molecule has 58 heavy (non-hydrogen) atoms. The number of hydrogen-bond donors (Lipinski definition) is 0. The minimum atomic E-state index is -0.660. The third kappa shape index (κ3) is 6.96. The van der Waals surface area contributed by atoms with Crippen LogP contribution in [0.4, 0.5) is 31.5 Å². The Hall–Kier alpha value is -5.78. The van der Waals surface area contributed by atoms with Crippen LogP contribution in [0.5, 0.6) is 11.5 Å². The third-order valence-electron chi connectivity index (χ3n) is 10.5. The molecule has 8 heteroatoms. The second-order valence-electron chi connectivity index (χ2n) is 16.5. The van der Waals surface area contributed by atoms with Crippen molar-refractivity contribution in [3.05, 3.63) is 175 Å². The van der Waals surface area contributed by atoms with Crippen LogP contribution in [0, 0.1) is 30.4 Å². The van der Waals surface area contributed by atoms with Gasteiger partial charge in [0.15, 0.2) is 0 Å². The van der Waals surface area contributed by atoms with Crippen molar-refractivity contribution in [3.8, 4) is 28.4 Å². The third-order valence-corrected chi connectivity index (χ3v) is 10.5. The largest absolute Gasteiger partial charge is 0.509 e. The molecule has 0 saturated heterocycles. The van der Waals surface area contributed by atoms with Crippen molar-refractivity contribution in [1.82, 2.24) is 9.55 Å². The van der Waals surface area contributed by atoms with Crippen molar-refractivity contribution in [2.75, 3.05) is 9.80 Å². The number of pyridine rings is 1. The Morgan fingerprint density at radius 1 is 0.621 bits per heavy atom. The van der Waals surface area contributed by atoms with E-state index in [0.717, 1.165) is 56.2 Å². The van der Waals surface area contributed by atoms with E-state index in [9.17, 15) is 4.39 Å². The topological polar surface area (TPSA) is 33.5 Å². The quantitative estimate of drug-likeness (QED) is 0.156. The Bertz CT molecular complexity index is 2790. The predicted octanol–water partition coefficient (Wildman–Crippen LogP) is 13.5. The van der Waals surface area contributed by atoms with Crippen molar-refractivity contribution in [2.45, 2.75) is 52.4 Å². The summed E-state index contributed by atoms with van der Waals surface area (Å²) >= 11 is 0. The van der Waals surface area contributed by atoms with Crippen LogP contribution in [0.25, 0.3) is 38.8 Å². The molecule has 0 N–H and O–H groups in total. The van der Waals surface area contributed by atoms with Crippen molar-refractivity contribution in [1.29, 1.82) is 0 Å². The average molecular weight is 947 g/mol. The molecule has 9 rings (SSSR count). The number of ether oxygens (including phenoxy) is 1. The molecule has 0 fully saturated rings. The number of benzene rings is 6. The van der Waals surface area contributed by atoms with Gasteiger partial charge < -0.3 is 19.1 Å². The van der Waals surface area contributed by atoms with E-state index in [-0.39, 0.29) is 37.6 Å². The summed E-state index contributed by atoms with van der Waals surface area (Å²) in [5, 5.41) is 2.13. The molecule has 2 aromatic heterocycles. The molecular weight excluding hydrogens is 906 g/mol. The van der Waals surface area contributed by atoms with Crippen molar-refractivity contribution in [2.24, 2.45) is 0 Å². The minimum Gasteiger partial charge on any atom is -0.509 e. The maximum atomic E-state index is 15.4. The Morgan fingerprint density at radius 3 is 2.00 bits per heavy atom. The molecule has 0 bridgehead atoms. The maximum Gasteiger partial charge on any atom is 0.147 e. The Balaban J connectivity index is 0.00000469. The summed E-state index contributed by atoms with van der Waals surface area (Å²) in [5.74, 6) is 0.493. The van der Waals surface area contributed by atoms with Crippen LogP contribution in [0.15, 0.2) is 134 Å². The maximum absolute atomic E-state index is 15.4. The Kier molecular flexibility index (Phi) is 10.0. The summed E-state index contributed by atoms with van der Waals surface area (Å²) in [6.45, 7) is 15.2. The molecule has 0 amide bonds. The van der Waals surface area contributed by atoms with Crippen LogP contribution in [0.3, 0.4) is 0 Å². The smallest absolute Gasteiger partial charge is 0.147 e. The predicted molar refractivity (Wildman–Crippen MR) is 227 cm³/mol. The summed E-state index contributed by atoms with van der Waals surface area (Å²) in [6.07, 6.45) is 1.79. The fourth-order valence-electron chi connectivity index (χ4n) is 7.92. The molecule has 0 atom stereocenters. The number of fused-ring (bicyclic) bond motifs is 4. The zero-order chi connectivity index (χ0) is 39.6. The summed E-state index contributed by atoms with van der Waals surface area (Å²) in [6, 6.07) is 47.4. The van der Waals surface area contributed by atoms with Crippen molar-refractivity contribution < 1.29 is 34.6 Å². The normalized spacial score (nSPS) is 12.9. The van der Waals surface area contributed by atoms with Crippen LogP contribution in [0.2, 0.25) is 0 Å². The summed E-state index contributed by atoms with van der Waals surface area (Å²) < 4.78 is 38.4. The van der Waals surface area contributed by atoms with E-state index in [1.807, 2.05) is 72.2 Å². The number of anilines is 4. The van der Waals surface area contributed by atoms with Crippen LogP contribution in [-0.4, -0.2) is 9.55 Å². The number of para-hydroxylation sites is 3. The molecule has 5 nitrogen and oxygen atoms in total. The summed E-state index contributed by atoms with van der Waals surface area (Å²) in [4.78, 5) is 8.42. The van der Waals surface area contributed by atoms with Crippen LogP contribution >= 0.6 is 0 Å². The molecule has 0 spiro atoms. The number of halogens is 2. The number of nitrogens with zero attached hydrogens (tertiary/aromatic N) is 4. The second kappa shape index (κ2) is 14.9. The molecule has 1 aliphatic heterocycles. The first kappa shape index (κ1) is 39.1. The van der Waals surface area contributed by atoms with Gasteiger partial charge in [0, 0.05) is 67.4 Å². The second-order valence-corrected chi connectivity index (χ2v) is 16.5. The number of aromatic nitrogens is 2. The monoisotopic (exact) mass is 946 g/mol. The van der Waals surface area contributed by atoms with Gasteiger partial charge in [0.05, 0.1) is 0 Å². The number of hydrogen-bond acceptors (Lipinski definition) is 4. The van der Waals surface area contributed by atoms with Crippen molar-refractivity contribution in [3.63, 3.8) is 0 Å². The van der Waals surface area contributed by atoms with E-state index >= 15 is 4.39 Å². The van der Waals surface area contributed by atoms with E-state index in [2.05, 4.69) is 112 Å². The molecule has 3 heterocycles. The molecule has 1 aliphatic rings. The zero-order valence-electron chi connectivity index (χ0n) is 33.0. The van der Waals surface area contributed by atoms with Gasteiger partial charge in [-0.1, -0.05) is 102 Å². The van der Waals surface area contributed by atoms with E-state index in [1.54, 1.807) is 11.1 Å². The first-order chi connectivity index (χ1) is 27.3. The summed E-state index contributed by atoms with van der Waals surface area (Å²) in [5.41, 5.74) is 8.46. The van der Waals surface area contributed by atoms with Gasteiger partial charge >= 0.3 is 0 Å². The van der Waals surface area contributed by atoms with Gasteiger partial charge in [-0.2, -0.15) is 6.07 Å². The van der Waals surface area contributed by atoms with Gasteiger partial charge in [-0.05, 0) is 75.4 Å². The van der Waals surface area contributed by atoms with Crippen molar-refractivity contribution >= 4 is 44.6 Å². The van der Waals surface area contributed by atoms with E-state index in [4.69, 9.17) is 4.74 Å². The number of rotatable bonds is 6. The first-order valence-corrected chi connectivity index (χ1v) is 19.1. The van der Waals surface area contributed by atoms with E-state index < -0.39 is 11.6 Å². The molecule has 0 saturated carbocycles. The van der Waals surface area contributed by atoms with Gasteiger partial charge in [0.1, 0.15) is 17.5 Å². The fraction of sp³-hybridized carbons (Fsp3) is 0.160. The molecule has 294 valence electrons. The molecule has 0 unspecified atom stereocenters. The molecule has 0 aliphatic carbocycles. The molecule has 8 aromatic rings. The fourth-order valence-corrected chi connectivity index (χ4v) is 7.92. The average Bonchev–Trinajstić information content (AvgIpc) is 3.73. The zero-order valence-corrected chi connectivity index (χ0v) is 35.3. The molecule has 0 radical (unpaired) electrons. The van der Waals surface area contributed by atoms with E-state index in [1.165, 1.54) is 23.3 Å². The van der Waals surface area contributed by atoms with Gasteiger partial charge in [-0.15, -0.1) is 53.6 Å². The van der Waals surface area contributed by atoms with Gasteiger partial charge in [-0.3, -0.25) is 0 Å². The molecule has 6 aromatic carbocycles. The Labute approximate surface area is 352 Å². The van der Waals surface area contributed by atoms with Crippen LogP contribution in [-0.2, 0) is 31.9 Å².